The fourth-order valence-corrected chi connectivity index (χ4v) is 16.5. The first-order valence-electron chi connectivity index (χ1n) is 30.0. The highest BCUT2D eigenvalue weighted by molar-refractivity contribution is 5.87. The molecule has 27 heteroatoms. The van der Waals surface area contributed by atoms with Gasteiger partial charge < -0.3 is 128 Å². The Balaban J connectivity index is 0.823. The number of carbonyl (C=O) groups is 1. The molecule has 4 saturated carbocycles. The standard InChI is InChI=1S/C56H92O27/c1-22-8-11-56(75-18-22)23(2)37-32(83-56)13-29-27-7-6-25-12-26(9-10-54(25,4)28(27)14-36(63)55(29,37)5)76-51-45(71)49(82-50-42(68)39(65)31(62)20-73-50)46(35(17-59)79-51)80-53-44(70)48(41(67)34(16-58)78-53)81-52-43(69)47(40(66)33(15-57)77-52)74-21-72-19-30(61)38(64)24(3)60/h22-35,37-53,57-62,64-71H,6-21H2,1-5H3. The summed E-state index contributed by atoms with van der Waals surface area (Å²) in [4.78, 5) is 14.8. The number of aliphatic hydroxyl groups excluding tert-OH is 14. The van der Waals surface area contributed by atoms with Gasteiger partial charge in [-0.25, -0.2) is 0 Å². The van der Waals surface area contributed by atoms with E-state index in [0.29, 0.717) is 49.9 Å². The number of hydrogen-bond acceptors (Lipinski definition) is 27. The summed E-state index contributed by atoms with van der Waals surface area (Å²) in [6, 6.07) is 0. The summed E-state index contributed by atoms with van der Waals surface area (Å²) in [6.07, 6.45) is -31.5. The van der Waals surface area contributed by atoms with Crippen molar-refractivity contribution in [3.05, 3.63) is 0 Å². The normalized spacial score (nSPS) is 53.0. The van der Waals surface area contributed by atoms with Gasteiger partial charge in [0, 0.05) is 30.1 Å². The van der Waals surface area contributed by atoms with Crippen LogP contribution in [0.5, 0.6) is 0 Å². The van der Waals surface area contributed by atoms with Gasteiger partial charge in [-0.3, -0.25) is 4.79 Å². The van der Waals surface area contributed by atoms with Gasteiger partial charge >= 0.3 is 0 Å². The van der Waals surface area contributed by atoms with Crippen LogP contribution in [0.3, 0.4) is 0 Å². The molecule has 34 atom stereocenters. The third-order valence-corrected chi connectivity index (χ3v) is 21.4. The van der Waals surface area contributed by atoms with Crippen molar-refractivity contribution in [3.63, 3.8) is 0 Å². The van der Waals surface area contributed by atoms with Gasteiger partial charge in [0.05, 0.1) is 58.0 Å². The maximum absolute atomic E-state index is 14.8. The summed E-state index contributed by atoms with van der Waals surface area (Å²) in [5, 5.41) is 151. The SMILES string of the molecule is CC1CCC2(OC1)OC1CC3C4CCC5CC(OC6OC(CO)C(OC7OC(CO)C(O)C(OC8OC(CO)C(O)C(OCOCC(O)C(O)C(C)O)C8O)C7O)C(OC7OCC(O)C(O)C7O)C6O)CCC5(C)C4CC(=O)C3(C)C1C2C. The molecule has 6 aliphatic heterocycles. The number of ketones is 1. The van der Waals surface area contributed by atoms with Gasteiger partial charge in [0.2, 0.25) is 0 Å². The van der Waals surface area contributed by atoms with E-state index in [1.807, 2.05) is 0 Å². The van der Waals surface area contributed by atoms with E-state index in [2.05, 4.69) is 27.7 Å². The molecule has 0 bridgehead atoms. The molecule has 0 aromatic heterocycles. The Morgan fingerprint density at radius 3 is 1.90 bits per heavy atom. The van der Waals surface area contributed by atoms with Crippen LogP contribution in [-0.2, 0) is 61.6 Å². The highest BCUT2D eigenvalue weighted by Gasteiger charge is 2.72. The van der Waals surface area contributed by atoms with Gasteiger partial charge in [0.15, 0.2) is 30.9 Å². The lowest BCUT2D eigenvalue weighted by Crippen LogP contribution is -2.68. The molecule has 1 spiro atoms. The molecule has 6 heterocycles. The van der Waals surface area contributed by atoms with E-state index in [9.17, 15) is 76.3 Å². The topological polar surface area (TPSA) is 411 Å². The molecule has 14 N–H and O–H groups in total. The minimum atomic E-state index is -2.09. The van der Waals surface area contributed by atoms with E-state index in [1.165, 1.54) is 6.92 Å². The highest BCUT2D eigenvalue weighted by Crippen LogP contribution is 2.70. The summed E-state index contributed by atoms with van der Waals surface area (Å²) < 4.78 is 72.5. The fraction of sp³-hybridized carbons (Fsp3) is 0.982. The zero-order chi connectivity index (χ0) is 59.8. The van der Waals surface area contributed by atoms with E-state index in [1.54, 1.807) is 0 Å². The summed E-state index contributed by atoms with van der Waals surface area (Å²) in [6.45, 7) is 6.42. The van der Waals surface area contributed by atoms with E-state index in [-0.39, 0.29) is 41.1 Å². The van der Waals surface area contributed by atoms with E-state index in [0.717, 1.165) is 32.1 Å². The van der Waals surface area contributed by atoms with Crippen LogP contribution in [0.2, 0.25) is 0 Å². The van der Waals surface area contributed by atoms with Gasteiger partial charge in [0.25, 0.3) is 0 Å². The molecule has 10 rings (SSSR count). The molecule has 34 unspecified atom stereocenters. The van der Waals surface area contributed by atoms with Crippen molar-refractivity contribution < 1.29 is 133 Å². The molecule has 0 aromatic rings. The first-order valence-corrected chi connectivity index (χ1v) is 30.0. The predicted molar refractivity (Wildman–Crippen MR) is 276 cm³/mol. The Hall–Kier alpha value is -1.37. The number of ether oxygens (including phenoxy) is 12. The number of aliphatic hydroxyl groups is 14. The first kappa shape index (κ1) is 64.6. The number of rotatable bonds is 18. The molecule has 10 aliphatic rings. The number of Topliss-reactive ketones (excluding diaryl/α,β-unsaturated/α-hetero) is 1. The second kappa shape index (κ2) is 25.9. The molecule has 27 nitrogen and oxygen atoms in total. The largest absolute Gasteiger partial charge is 0.394 e. The summed E-state index contributed by atoms with van der Waals surface area (Å²) in [7, 11) is 0. The molecule has 6 saturated heterocycles. The van der Waals surface area contributed by atoms with Crippen LogP contribution in [0, 0.1) is 52.3 Å². The van der Waals surface area contributed by atoms with Crippen LogP contribution in [0.25, 0.3) is 0 Å². The minimum absolute atomic E-state index is 0.0404. The number of fused-ring (bicyclic) bond motifs is 7. The summed E-state index contributed by atoms with van der Waals surface area (Å²) in [5.41, 5.74) is -0.717. The smallest absolute Gasteiger partial charge is 0.187 e. The molecular weight excluding hydrogens is 1100 g/mol. The predicted octanol–water partition coefficient (Wildman–Crippen LogP) is -3.99. The van der Waals surface area contributed by atoms with Crippen LogP contribution >= 0.6 is 0 Å². The molecule has 0 radical (unpaired) electrons. The van der Waals surface area contributed by atoms with Crippen molar-refractivity contribution in [1.82, 2.24) is 0 Å². The zero-order valence-corrected chi connectivity index (χ0v) is 47.8. The van der Waals surface area contributed by atoms with Crippen LogP contribution in [0.4, 0.5) is 0 Å². The van der Waals surface area contributed by atoms with Gasteiger partial charge in [-0.1, -0.05) is 27.7 Å². The Morgan fingerprint density at radius 1 is 0.639 bits per heavy atom. The quantitative estimate of drug-likeness (QED) is 0.0353. The second-order valence-electron chi connectivity index (χ2n) is 26.2. The number of carbonyl (C=O) groups excluding carboxylic acids is 1. The maximum atomic E-state index is 14.8. The molecule has 478 valence electrons. The van der Waals surface area contributed by atoms with Crippen LogP contribution in [0.15, 0.2) is 0 Å². The summed E-state index contributed by atoms with van der Waals surface area (Å²) >= 11 is 0. The lowest BCUT2D eigenvalue weighted by atomic mass is 9.44. The molecular formula is C56H92O27. The molecule has 0 amide bonds. The van der Waals surface area contributed by atoms with E-state index in [4.69, 9.17) is 56.8 Å². The fourth-order valence-electron chi connectivity index (χ4n) is 16.5. The second-order valence-corrected chi connectivity index (χ2v) is 26.2. The Bertz CT molecular complexity index is 2140. The van der Waals surface area contributed by atoms with Gasteiger partial charge in [-0.15, -0.1) is 0 Å². The van der Waals surface area contributed by atoms with Crippen molar-refractivity contribution in [2.45, 2.75) is 245 Å². The Morgan fingerprint density at radius 2 is 1.25 bits per heavy atom. The lowest BCUT2D eigenvalue weighted by molar-refractivity contribution is -0.396. The van der Waals surface area contributed by atoms with Crippen molar-refractivity contribution >= 4 is 5.78 Å². The highest BCUT2D eigenvalue weighted by atomic mass is 16.8. The average Bonchev–Trinajstić information content (AvgIpc) is 4.16. The van der Waals surface area contributed by atoms with Crippen molar-refractivity contribution in [2.24, 2.45) is 52.3 Å². The zero-order valence-electron chi connectivity index (χ0n) is 47.8. The molecule has 83 heavy (non-hydrogen) atoms. The van der Waals surface area contributed by atoms with Gasteiger partial charge in [0.1, 0.15) is 116 Å². The van der Waals surface area contributed by atoms with Crippen LogP contribution in [0.1, 0.15) is 92.4 Å². The maximum Gasteiger partial charge on any atom is 0.187 e. The third kappa shape index (κ3) is 11.9. The monoisotopic (exact) mass is 1200 g/mol. The Kier molecular flexibility index (Phi) is 20.1. The molecule has 0 aromatic carbocycles. The van der Waals surface area contributed by atoms with Crippen LogP contribution in [-0.4, -0.2) is 277 Å². The van der Waals surface area contributed by atoms with Crippen LogP contribution < -0.4 is 0 Å². The third-order valence-electron chi connectivity index (χ3n) is 21.4. The number of hydrogen-bond donors (Lipinski definition) is 14. The molecule has 10 fully saturated rings. The lowest BCUT2D eigenvalue weighted by Gasteiger charge is -2.60. The van der Waals surface area contributed by atoms with E-state index < -0.39 is 192 Å². The minimum Gasteiger partial charge on any atom is -0.394 e. The Labute approximate surface area is 481 Å². The van der Waals surface area contributed by atoms with Crippen molar-refractivity contribution in [2.75, 3.05) is 46.4 Å². The van der Waals surface area contributed by atoms with E-state index >= 15 is 0 Å². The van der Waals surface area contributed by atoms with Gasteiger partial charge in [-0.2, -0.15) is 0 Å². The summed E-state index contributed by atoms with van der Waals surface area (Å²) in [5.74, 6) is 1.10. The van der Waals surface area contributed by atoms with Crippen molar-refractivity contribution in [1.29, 1.82) is 0 Å². The molecule has 4 aliphatic carbocycles. The van der Waals surface area contributed by atoms with Gasteiger partial charge in [-0.05, 0) is 86.9 Å². The average molecular weight is 1200 g/mol. The van der Waals surface area contributed by atoms with Crippen molar-refractivity contribution in [3.8, 4) is 0 Å². The first-order chi connectivity index (χ1) is 39.4.